The van der Waals surface area contributed by atoms with E-state index in [1.54, 1.807) is 32.1 Å². The Hall–Kier alpha value is 0. The lowest BCUT2D eigenvalue weighted by Gasteiger charge is -2.49. The molecule has 0 nitrogen and oxygen atoms in total. The third kappa shape index (κ3) is 23.0. The van der Waals surface area contributed by atoms with E-state index in [-0.39, 0.29) is 0 Å². The maximum atomic E-state index is 2.49. The van der Waals surface area contributed by atoms with E-state index in [2.05, 4.69) is 215 Å². The first-order chi connectivity index (χ1) is 37.9. The average Bonchev–Trinajstić information content (AvgIpc) is 3.94. The Balaban J connectivity index is 0.000000206. The number of fused-ring (bicyclic) bond motifs is 6. The molecule has 0 aliphatic heterocycles. The SMILES string of the molecule is CC1(C)CC(C)(C)CC(C)(C)C1.CC1C(C)(C)CCCC1(C)C.CC1C2CCC(C2)[C@H]1C.CC1CC(C)(C)CC(C)(C)C1.CC1CCC(C)(C)CC1.CCC1CC(C)(C)CC(C)(C)C1.CCC1CC2CCC1C2.C[C@@H]1C2(C)CCC(C2)C1(C)C. The van der Waals surface area contributed by atoms with Crippen LogP contribution in [0.4, 0.5) is 0 Å². The Morgan fingerprint density at radius 2 is 0.726 bits per heavy atom. The number of rotatable bonds is 2. The predicted molar refractivity (Wildman–Crippen MR) is 380 cm³/mol. The van der Waals surface area contributed by atoms with E-state index in [1.165, 1.54) is 148 Å². The van der Waals surface area contributed by atoms with Crippen molar-refractivity contribution in [2.75, 3.05) is 0 Å². The van der Waals surface area contributed by atoms with Crippen LogP contribution in [0, 0.1) is 142 Å². The van der Waals surface area contributed by atoms with Crippen LogP contribution in [0.1, 0.15) is 394 Å². The van der Waals surface area contributed by atoms with Crippen molar-refractivity contribution in [1.29, 1.82) is 0 Å². The standard InChI is InChI=1S/2C12H24.C11H20.2C11H22.2C9H16.C9H18/c1-10(2)7-11(3,4)9-12(5,6)8-10;1-6-10-7-11(2,3)9-12(4,5)8-10;1-8-10(2,3)9-5-6-11(8,4)7-9;1-9-6-10(2,3)8-11(4,5)7-9;1-9-10(2,3)7-6-8-11(9,4)5;1-6-7(2)9-4-3-8(6)5-9;1-2-8-5-7-3-4-9(8)6-7;1-8-4-6-9(2,3)7-5-8/h7-9H2,1-6H3;10H,6-9H2,1-5H3;8-9H,5-7H2,1-4H3;2*9H,6-8H2,1-5H3;6-9H,3-5H2,1-2H3;7-9H,2-6H2,1H3;8H,4-7H2,1-3H3/t;;8-,9?,11?;;;6-,7?,8?,9?;;/m..0..0../s1. The van der Waals surface area contributed by atoms with Crippen LogP contribution in [-0.2, 0) is 0 Å². The number of hydrogen-bond donors (Lipinski definition) is 0. The summed E-state index contributed by atoms with van der Waals surface area (Å²) in [5, 5.41) is 0. The maximum Gasteiger partial charge on any atom is -0.0292 e. The van der Waals surface area contributed by atoms with Crippen LogP contribution in [0.3, 0.4) is 0 Å². The second-order valence-electron chi connectivity index (χ2n) is 42.7. The van der Waals surface area contributed by atoms with Gasteiger partial charge in [0.05, 0.1) is 0 Å². The predicted octanol–water partition coefficient (Wildman–Crippen LogP) is 28.4. The molecule has 8 unspecified atom stereocenters. The molecule has 0 aromatic heterocycles. The van der Waals surface area contributed by atoms with Crippen LogP contribution in [0.2, 0.25) is 0 Å². The van der Waals surface area contributed by atoms with Crippen molar-refractivity contribution in [2.45, 2.75) is 394 Å². The van der Waals surface area contributed by atoms with Crippen LogP contribution in [0.5, 0.6) is 0 Å². The van der Waals surface area contributed by atoms with Gasteiger partial charge >= 0.3 is 0 Å². The van der Waals surface area contributed by atoms with Crippen LogP contribution >= 0.6 is 0 Å². The summed E-state index contributed by atoms with van der Waals surface area (Å²) in [4.78, 5) is 0. The third-order valence-electron chi connectivity index (χ3n) is 27.7. The zero-order valence-corrected chi connectivity index (χ0v) is 64.3. The Labute approximate surface area is 533 Å². The fourth-order valence-corrected chi connectivity index (χ4v) is 24.2. The van der Waals surface area contributed by atoms with Gasteiger partial charge in [-0.05, 0) is 283 Å². The summed E-state index contributed by atoms with van der Waals surface area (Å²) in [5.41, 5.74) is 7.12. The Kier molecular flexibility index (Phi) is 26.3. The summed E-state index contributed by atoms with van der Waals surface area (Å²) in [6.45, 7) is 74.9. The highest BCUT2D eigenvalue weighted by Crippen LogP contribution is 2.66. The summed E-state index contributed by atoms with van der Waals surface area (Å²) in [6, 6.07) is 0. The Morgan fingerprint density at radius 3 is 0.988 bits per heavy atom. The van der Waals surface area contributed by atoms with Crippen LogP contribution in [0.15, 0.2) is 0 Å². The summed E-state index contributed by atoms with van der Waals surface area (Å²) < 4.78 is 0. The molecular weight excluding hydrogens is 1010 g/mol. The van der Waals surface area contributed by atoms with Crippen molar-refractivity contribution in [2.24, 2.45) is 142 Å². The summed E-state index contributed by atoms with van der Waals surface area (Å²) in [7, 11) is 0. The maximum absolute atomic E-state index is 2.49. The van der Waals surface area contributed by atoms with E-state index in [0.29, 0.717) is 65.0 Å². The quantitative estimate of drug-likeness (QED) is 0.259. The Bertz CT molecular complexity index is 1800. The molecule has 11 aliphatic rings. The van der Waals surface area contributed by atoms with E-state index in [4.69, 9.17) is 0 Å². The van der Waals surface area contributed by atoms with Gasteiger partial charge < -0.3 is 0 Å². The van der Waals surface area contributed by atoms with Gasteiger partial charge in [-0.25, -0.2) is 0 Å². The second kappa shape index (κ2) is 28.9. The van der Waals surface area contributed by atoms with E-state index < -0.39 is 0 Å². The van der Waals surface area contributed by atoms with Gasteiger partial charge in [0.1, 0.15) is 0 Å². The molecule has 0 spiro atoms. The van der Waals surface area contributed by atoms with Crippen LogP contribution in [0.25, 0.3) is 0 Å². The van der Waals surface area contributed by atoms with Gasteiger partial charge in [0, 0.05) is 0 Å². The molecule has 11 rings (SSSR count). The zero-order valence-electron chi connectivity index (χ0n) is 64.3. The number of hydrogen-bond acceptors (Lipinski definition) is 0. The fourth-order valence-electron chi connectivity index (χ4n) is 24.2. The molecule has 11 saturated carbocycles. The molecule has 0 radical (unpaired) electrons. The van der Waals surface area contributed by atoms with Crippen molar-refractivity contribution < 1.29 is 0 Å². The van der Waals surface area contributed by atoms with E-state index >= 15 is 0 Å². The molecule has 84 heavy (non-hydrogen) atoms. The minimum atomic E-state index is 0.547. The fraction of sp³-hybridized carbons (Fsp3) is 1.00. The highest BCUT2D eigenvalue weighted by molar-refractivity contribution is 5.06. The minimum Gasteiger partial charge on any atom is -0.0651 e. The average molecular weight is 1170 g/mol. The van der Waals surface area contributed by atoms with Crippen LogP contribution in [-0.4, -0.2) is 0 Å². The highest BCUT2D eigenvalue weighted by Gasteiger charge is 2.57. The molecule has 0 heterocycles. The normalized spacial score (nSPS) is 37.8. The third-order valence-corrected chi connectivity index (χ3v) is 27.7. The lowest BCUT2D eigenvalue weighted by Crippen LogP contribution is -2.38. The lowest BCUT2D eigenvalue weighted by molar-refractivity contribution is 0.0202. The van der Waals surface area contributed by atoms with Gasteiger partial charge in [0.15, 0.2) is 0 Å². The molecule has 0 N–H and O–H groups in total. The molecule has 0 aromatic rings. The van der Waals surface area contributed by atoms with E-state index in [1.807, 2.05) is 0 Å². The molecular formula is C84H162. The molecule has 11 fully saturated rings. The van der Waals surface area contributed by atoms with Crippen molar-refractivity contribution in [3.05, 3.63) is 0 Å². The van der Waals surface area contributed by atoms with Gasteiger partial charge in [0.25, 0.3) is 0 Å². The molecule has 10 atom stereocenters. The van der Waals surface area contributed by atoms with Gasteiger partial charge in [-0.1, -0.05) is 253 Å². The smallest absolute Gasteiger partial charge is 0.0292 e. The van der Waals surface area contributed by atoms with Crippen molar-refractivity contribution >= 4 is 0 Å². The molecule has 498 valence electrons. The minimum absolute atomic E-state index is 0.547. The van der Waals surface area contributed by atoms with Gasteiger partial charge in [-0.15, -0.1) is 0 Å². The van der Waals surface area contributed by atoms with Gasteiger partial charge in [-0.3, -0.25) is 0 Å². The highest BCUT2D eigenvalue weighted by atomic mass is 14.6. The molecule has 0 amide bonds. The molecule has 11 aliphatic carbocycles. The molecule has 6 bridgehead atoms. The van der Waals surface area contributed by atoms with Gasteiger partial charge in [0.2, 0.25) is 0 Å². The van der Waals surface area contributed by atoms with Crippen molar-refractivity contribution in [3.63, 3.8) is 0 Å². The monoisotopic (exact) mass is 1170 g/mol. The van der Waals surface area contributed by atoms with E-state index in [0.717, 1.165) is 76.9 Å². The van der Waals surface area contributed by atoms with Crippen LogP contribution < -0.4 is 0 Å². The second-order valence-corrected chi connectivity index (χ2v) is 42.7. The van der Waals surface area contributed by atoms with E-state index in [9.17, 15) is 0 Å². The lowest BCUT2D eigenvalue weighted by atomic mass is 9.56. The molecule has 0 heteroatoms. The zero-order chi connectivity index (χ0) is 64.3. The largest absolute Gasteiger partial charge is 0.0651 e. The first-order valence-corrected chi connectivity index (χ1v) is 37.9. The first kappa shape index (κ1) is 76.5. The summed E-state index contributed by atoms with van der Waals surface area (Å²) in [6.07, 6.45) is 40.9. The molecule has 0 saturated heterocycles. The Morgan fingerprint density at radius 1 is 0.321 bits per heavy atom. The summed E-state index contributed by atoms with van der Waals surface area (Å²) in [5.74, 6) is 13.5. The first-order valence-electron chi connectivity index (χ1n) is 37.9. The molecule has 0 aromatic carbocycles. The van der Waals surface area contributed by atoms with Crippen molar-refractivity contribution in [3.8, 4) is 0 Å². The van der Waals surface area contributed by atoms with Crippen molar-refractivity contribution in [1.82, 2.24) is 0 Å². The summed E-state index contributed by atoms with van der Waals surface area (Å²) >= 11 is 0. The van der Waals surface area contributed by atoms with Gasteiger partial charge in [-0.2, -0.15) is 0 Å². The topological polar surface area (TPSA) is 0 Å².